The maximum Gasteiger partial charge on any atom is 0.0461 e. The van der Waals surface area contributed by atoms with Crippen LogP contribution in [0.4, 0.5) is 11.4 Å². The smallest absolute Gasteiger partial charge is 0.0461 e. The van der Waals surface area contributed by atoms with Crippen molar-refractivity contribution in [2.24, 2.45) is 0 Å². The fraction of sp³-hybridized carbons (Fsp3) is 0.240. The van der Waals surface area contributed by atoms with Gasteiger partial charge in [0.1, 0.15) is 0 Å². The zero-order valence-electron chi connectivity index (χ0n) is 31.7. The van der Waals surface area contributed by atoms with Gasteiger partial charge in [0.25, 0.3) is 0 Å². The second-order valence-corrected chi connectivity index (χ2v) is 15.0. The third kappa shape index (κ3) is 6.71. The van der Waals surface area contributed by atoms with E-state index in [2.05, 4.69) is 188 Å². The van der Waals surface area contributed by atoms with E-state index in [1.165, 1.54) is 61.2 Å². The molecule has 1 heteroatoms. The summed E-state index contributed by atoms with van der Waals surface area (Å²) in [7, 11) is 0. The van der Waals surface area contributed by atoms with Crippen LogP contribution in [0.5, 0.6) is 0 Å². The van der Waals surface area contributed by atoms with Crippen molar-refractivity contribution in [2.75, 3.05) is 4.90 Å². The molecule has 1 nitrogen and oxygen atoms in total. The molecular formula is C50H53N. The van der Waals surface area contributed by atoms with Crippen molar-refractivity contribution in [2.45, 2.75) is 78.6 Å². The molecule has 4 aromatic rings. The maximum absolute atomic E-state index is 4.12. The van der Waals surface area contributed by atoms with Crippen molar-refractivity contribution in [1.82, 2.24) is 0 Å². The SMILES string of the molecule is C=C/C=C(\C1=C(C)C(C)(C)c2ccccc2C1)c1ccc(N(/C(C)=C/C=C(\C=C)C/C=C\CC)c2ccc3c(c2)C(C)(C)c2ccccc2-3)cc1. The molecule has 0 fully saturated rings. The zero-order valence-corrected chi connectivity index (χ0v) is 31.7. The van der Waals surface area contributed by atoms with Gasteiger partial charge in [-0.2, -0.15) is 0 Å². The third-order valence-electron chi connectivity index (χ3n) is 11.2. The van der Waals surface area contributed by atoms with Crippen LogP contribution in [0.15, 0.2) is 169 Å². The minimum Gasteiger partial charge on any atom is -0.315 e. The average Bonchev–Trinajstić information content (AvgIpc) is 3.36. The highest BCUT2D eigenvalue weighted by molar-refractivity contribution is 5.86. The lowest BCUT2D eigenvalue weighted by molar-refractivity contribution is 0.596. The first-order valence-electron chi connectivity index (χ1n) is 18.4. The lowest BCUT2D eigenvalue weighted by Crippen LogP contribution is -2.27. The molecule has 2 aliphatic carbocycles. The van der Waals surface area contributed by atoms with E-state index in [9.17, 15) is 0 Å². The summed E-state index contributed by atoms with van der Waals surface area (Å²) in [6.45, 7) is 24.3. The van der Waals surface area contributed by atoms with Gasteiger partial charge >= 0.3 is 0 Å². The molecule has 0 spiro atoms. The molecule has 0 bridgehead atoms. The van der Waals surface area contributed by atoms with Gasteiger partial charge in [0.15, 0.2) is 0 Å². The van der Waals surface area contributed by atoms with E-state index in [-0.39, 0.29) is 10.8 Å². The van der Waals surface area contributed by atoms with Gasteiger partial charge in [-0.05, 0) is 119 Å². The average molecular weight is 668 g/mol. The molecule has 0 radical (unpaired) electrons. The Bertz CT molecular complexity index is 2120. The first kappa shape index (κ1) is 35.7. The molecule has 2 aliphatic rings. The number of allylic oxidation sites excluding steroid dienone is 12. The Labute approximate surface area is 307 Å². The van der Waals surface area contributed by atoms with Crippen LogP contribution < -0.4 is 4.90 Å². The molecule has 51 heavy (non-hydrogen) atoms. The summed E-state index contributed by atoms with van der Waals surface area (Å²) in [5.74, 6) is 0. The van der Waals surface area contributed by atoms with Crippen LogP contribution in [0.25, 0.3) is 16.7 Å². The highest BCUT2D eigenvalue weighted by Crippen LogP contribution is 2.50. The molecule has 258 valence electrons. The summed E-state index contributed by atoms with van der Waals surface area (Å²) in [4.78, 5) is 2.39. The zero-order chi connectivity index (χ0) is 36.3. The molecule has 0 aromatic heterocycles. The number of nitrogens with zero attached hydrogens (tertiary/aromatic N) is 1. The van der Waals surface area contributed by atoms with Crippen LogP contribution in [0.3, 0.4) is 0 Å². The standard InChI is InChI=1S/C50H53N/c1-10-13-14-20-37(12-3)26-25-35(4)51(41-31-32-44-43-22-16-18-24-47(43)50(8,9)48(44)34-41)40-29-27-38(28-30-40)42(19-11-2)45-33-39-21-15-17-23-46(39)49(6,7)36(45)5/h11-19,21-32,34H,2-3,10,20,33H2,1,4-9H3/b14-13-,35-25+,37-26+,42-19-. The van der Waals surface area contributed by atoms with Crippen LogP contribution >= 0.6 is 0 Å². The Hall–Kier alpha value is -5.14. The van der Waals surface area contributed by atoms with Crippen LogP contribution in [-0.4, -0.2) is 0 Å². The van der Waals surface area contributed by atoms with Gasteiger partial charge < -0.3 is 4.90 Å². The van der Waals surface area contributed by atoms with Crippen molar-refractivity contribution >= 4 is 16.9 Å². The molecule has 0 amide bonds. The molecule has 0 saturated carbocycles. The van der Waals surface area contributed by atoms with Crippen molar-refractivity contribution in [3.8, 4) is 11.1 Å². The Morgan fingerprint density at radius 3 is 2.10 bits per heavy atom. The van der Waals surface area contributed by atoms with E-state index < -0.39 is 0 Å². The quantitative estimate of drug-likeness (QED) is 0.114. The lowest BCUT2D eigenvalue weighted by Gasteiger charge is -2.37. The molecular weight excluding hydrogens is 615 g/mol. The van der Waals surface area contributed by atoms with Crippen molar-refractivity contribution < 1.29 is 0 Å². The lowest BCUT2D eigenvalue weighted by atomic mass is 9.67. The van der Waals surface area contributed by atoms with Crippen LogP contribution in [0, 0.1) is 0 Å². The van der Waals surface area contributed by atoms with Crippen molar-refractivity contribution in [3.05, 3.63) is 197 Å². The highest BCUT2D eigenvalue weighted by atomic mass is 15.1. The second kappa shape index (κ2) is 14.6. The van der Waals surface area contributed by atoms with Gasteiger partial charge in [0, 0.05) is 27.9 Å². The summed E-state index contributed by atoms with van der Waals surface area (Å²) < 4.78 is 0. The Morgan fingerprint density at radius 2 is 1.39 bits per heavy atom. The van der Waals surface area contributed by atoms with Crippen molar-refractivity contribution in [3.63, 3.8) is 0 Å². The predicted octanol–water partition coefficient (Wildman–Crippen LogP) is 13.9. The van der Waals surface area contributed by atoms with Gasteiger partial charge in [-0.15, -0.1) is 0 Å². The van der Waals surface area contributed by atoms with E-state index >= 15 is 0 Å². The van der Waals surface area contributed by atoms with E-state index in [1.54, 1.807) is 0 Å². The summed E-state index contributed by atoms with van der Waals surface area (Å²) in [6.07, 6.45) is 17.8. The van der Waals surface area contributed by atoms with E-state index in [0.717, 1.165) is 36.3 Å². The van der Waals surface area contributed by atoms with E-state index in [4.69, 9.17) is 0 Å². The molecule has 0 saturated heterocycles. The predicted molar refractivity (Wildman–Crippen MR) is 223 cm³/mol. The number of hydrogen-bond acceptors (Lipinski definition) is 1. The largest absolute Gasteiger partial charge is 0.315 e. The molecule has 0 atom stereocenters. The molecule has 0 aliphatic heterocycles. The summed E-state index contributed by atoms with van der Waals surface area (Å²) in [5, 5.41) is 0. The van der Waals surface area contributed by atoms with Crippen LogP contribution in [0.2, 0.25) is 0 Å². The first-order chi connectivity index (χ1) is 24.5. The normalized spacial score (nSPS) is 16.5. The van der Waals surface area contributed by atoms with E-state index in [0.29, 0.717) is 0 Å². The van der Waals surface area contributed by atoms with Gasteiger partial charge in [-0.25, -0.2) is 0 Å². The molecule has 0 heterocycles. The third-order valence-corrected chi connectivity index (χ3v) is 11.2. The monoisotopic (exact) mass is 667 g/mol. The molecule has 4 aromatic carbocycles. The summed E-state index contributed by atoms with van der Waals surface area (Å²) in [6, 6.07) is 33.9. The Kier molecular flexibility index (Phi) is 10.2. The number of hydrogen-bond donors (Lipinski definition) is 0. The van der Waals surface area contributed by atoms with E-state index in [1.807, 2.05) is 12.2 Å². The van der Waals surface area contributed by atoms with Gasteiger partial charge in [0.2, 0.25) is 0 Å². The number of rotatable bonds is 11. The van der Waals surface area contributed by atoms with Crippen LogP contribution in [-0.2, 0) is 17.3 Å². The molecule has 6 rings (SSSR count). The van der Waals surface area contributed by atoms with Gasteiger partial charge in [-0.1, -0.05) is 157 Å². The fourth-order valence-electron chi connectivity index (χ4n) is 8.06. The molecule has 0 N–H and O–H groups in total. The number of fused-ring (bicyclic) bond motifs is 4. The topological polar surface area (TPSA) is 3.24 Å². The van der Waals surface area contributed by atoms with Gasteiger partial charge in [-0.3, -0.25) is 0 Å². The molecule has 0 unspecified atom stereocenters. The highest BCUT2D eigenvalue weighted by Gasteiger charge is 2.36. The second-order valence-electron chi connectivity index (χ2n) is 15.0. The minimum atomic E-state index is -0.0844. The van der Waals surface area contributed by atoms with Crippen molar-refractivity contribution in [1.29, 1.82) is 0 Å². The number of benzene rings is 4. The van der Waals surface area contributed by atoms with Gasteiger partial charge in [0.05, 0.1) is 0 Å². The summed E-state index contributed by atoms with van der Waals surface area (Å²) in [5.41, 5.74) is 18.0. The minimum absolute atomic E-state index is 0.0474. The Balaban J connectivity index is 1.43. The first-order valence-corrected chi connectivity index (χ1v) is 18.4. The maximum atomic E-state index is 4.12. The van der Waals surface area contributed by atoms with Crippen LogP contribution in [0.1, 0.15) is 89.1 Å². The fourth-order valence-corrected chi connectivity index (χ4v) is 8.06. The number of anilines is 2. The summed E-state index contributed by atoms with van der Waals surface area (Å²) >= 11 is 0. The Morgan fingerprint density at radius 1 is 0.725 bits per heavy atom.